The Kier molecular flexibility index (Phi) is 4.02. The minimum Gasteiger partial charge on any atom is -0.356 e. The Morgan fingerprint density at radius 1 is 1.41 bits per heavy atom. The molecule has 1 saturated heterocycles. The van der Waals surface area contributed by atoms with Gasteiger partial charge >= 0.3 is 0 Å². The van der Waals surface area contributed by atoms with Gasteiger partial charge in [-0.3, -0.25) is 9.59 Å². The van der Waals surface area contributed by atoms with E-state index in [-0.39, 0.29) is 17.7 Å². The molecule has 0 bridgehead atoms. The maximum absolute atomic E-state index is 11.9. The lowest BCUT2D eigenvalue weighted by atomic mass is 10.1. The second-order valence-corrected chi connectivity index (χ2v) is 5.18. The predicted octanol–water partition coefficient (Wildman–Crippen LogP) is 1.30. The van der Waals surface area contributed by atoms with E-state index in [9.17, 15) is 9.59 Å². The summed E-state index contributed by atoms with van der Waals surface area (Å²) in [7, 11) is 0. The molecule has 2 fully saturated rings. The van der Waals surface area contributed by atoms with Gasteiger partial charge in [-0.1, -0.05) is 19.8 Å². The van der Waals surface area contributed by atoms with Crippen LogP contribution in [0, 0.1) is 5.92 Å². The van der Waals surface area contributed by atoms with Crippen LogP contribution in [0.1, 0.15) is 45.4 Å². The monoisotopic (exact) mass is 238 g/mol. The summed E-state index contributed by atoms with van der Waals surface area (Å²) in [5.74, 6) is 0.115. The molecule has 0 aromatic carbocycles. The van der Waals surface area contributed by atoms with Gasteiger partial charge in [0.15, 0.2) is 0 Å². The van der Waals surface area contributed by atoms with Crippen molar-refractivity contribution >= 4 is 11.8 Å². The van der Waals surface area contributed by atoms with Crippen LogP contribution in [0.3, 0.4) is 0 Å². The fourth-order valence-electron chi connectivity index (χ4n) is 2.87. The third kappa shape index (κ3) is 2.79. The number of carbonyl (C=O) groups excluding carboxylic acids is 2. The molecule has 1 N–H and O–H groups in total. The Hall–Kier alpha value is -1.06. The number of hydrogen-bond acceptors (Lipinski definition) is 2. The molecule has 0 aromatic rings. The lowest BCUT2D eigenvalue weighted by molar-refractivity contribution is -0.130. The lowest BCUT2D eigenvalue weighted by Crippen LogP contribution is -2.37. The van der Waals surface area contributed by atoms with Crippen molar-refractivity contribution in [2.24, 2.45) is 5.92 Å². The average molecular weight is 238 g/mol. The zero-order chi connectivity index (χ0) is 12.3. The fraction of sp³-hybridized carbons (Fsp3) is 0.846. The van der Waals surface area contributed by atoms with Gasteiger partial charge in [0.1, 0.15) is 0 Å². The van der Waals surface area contributed by atoms with Gasteiger partial charge in [0.25, 0.3) is 0 Å². The van der Waals surface area contributed by atoms with Crippen LogP contribution in [0.25, 0.3) is 0 Å². The number of likely N-dealkylation sites (tertiary alicyclic amines) is 1. The van der Waals surface area contributed by atoms with Crippen molar-refractivity contribution in [2.45, 2.75) is 51.5 Å². The van der Waals surface area contributed by atoms with E-state index >= 15 is 0 Å². The van der Waals surface area contributed by atoms with Gasteiger partial charge in [0.2, 0.25) is 11.8 Å². The van der Waals surface area contributed by atoms with Crippen LogP contribution in [-0.2, 0) is 9.59 Å². The summed E-state index contributed by atoms with van der Waals surface area (Å²) in [6.45, 7) is 3.39. The molecule has 0 radical (unpaired) electrons. The molecule has 2 aliphatic rings. The quantitative estimate of drug-likeness (QED) is 0.802. The molecule has 0 spiro atoms. The standard InChI is InChI=1S/C13H22N2O2/c1-2-7-14-13(17)10-8-12(16)15(9-10)11-5-3-4-6-11/h10-11H,2-9H2,1H3,(H,14,17). The van der Waals surface area contributed by atoms with E-state index in [1.54, 1.807) is 0 Å². The first-order valence-corrected chi connectivity index (χ1v) is 6.79. The van der Waals surface area contributed by atoms with Gasteiger partial charge in [-0.25, -0.2) is 0 Å². The van der Waals surface area contributed by atoms with Crippen LogP contribution < -0.4 is 5.32 Å². The van der Waals surface area contributed by atoms with Crippen molar-refractivity contribution < 1.29 is 9.59 Å². The third-order valence-electron chi connectivity index (χ3n) is 3.84. The number of rotatable bonds is 4. The maximum Gasteiger partial charge on any atom is 0.225 e. The van der Waals surface area contributed by atoms with Crippen LogP contribution in [0.5, 0.6) is 0 Å². The number of nitrogens with zero attached hydrogens (tertiary/aromatic N) is 1. The van der Waals surface area contributed by atoms with Crippen LogP contribution in [-0.4, -0.2) is 35.8 Å². The van der Waals surface area contributed by atoms with Crippen molar-refractivity contribution in [1.82, 2.24) is 10.2 Å². The second-order valence-electron chi connectivity index (χ2n) is 5.18. The molecule has 4 heteroatoms. The normalized spacial score (nSPS) is 25.6. The van der Waals surface area contributed by atoms with Crippen molar-refractivity contribution in [3.63, 3.8) is 0 Å². The highest BCUT2D eigenvalue weighted by atomic mass is 16.2. The van der Waals surface area contributed by atoms with Crippen LogP contribution in [0.2, 0.25) is 0 Å². The molecule has 1 unspecified atom stereocenters. The van der Waals surface area contributed by atoms with E-state index in [0.29, 0.717) is 25.6 Å². The molecule has 1 atom stereocenters. The zero-order valence-electron chi connectivity index (χ0n) is 10.6. The molecule has 2 rings (SSSR count). The first-order chi connectivity index (χ1) is 8.22. The van der Waals surface area contributed by atoms with Gasteiger partial charge in [0.05, 0.1) is 5.92 Å². The number of amides is 2. The van der Waals surface area contributed by atoms with Gasteiger partial charge in [0, 0.05) is 25.6 Å². The van der Waals surface area contributed by atoms with Crippen LogP contribution in [0.4, 0.5) is 0 Å². The van der Waals surface area contributed by atoms with E-state index in [2.05, 4.69) is 5.32 Å². The Balaban J connectivity index is 1.87. The van der Waals surface area contributed by atoms with Crippen LogP contribution in [0.15, 0.2) is 0 Å². The molecule has 1 aliphatic carbocycles. The Bertz CT molecular complexity index is 298. The van der Waals surface area contributed by atoms with Crippen molar-refractivity contribution in [3.05, 3.63) is 0 Å². The third-order valence-corrected chi connectivity index (χ3v) is 3.84. The van der Waals surface area contributed by atoms with E-state index in [1.165, 1.54) is 12.8 Å². The number of carbonyl (C=O) groups is 2. The molecule has 4 nitrogen and oxygen atoms in total. The van der Waals surface area contributed by atoms with Crippen molar-refractivity contribution in [2.75, 3.05) is 13.1 Å². The van der Waals surface area contributed by atoms with Gasteiger partial charge in [-0.15, -0.1) is 0 Å². The molecular formula is C13H22N2O2. The number of nitrogens with one attached hydrogen (secondary N) is 1. The Morgan fingerprint density at radius 3 is 2.76 bits per heavy atom. The molecule has 1 heterocycles. The highest BCUT2D eigenvalue weighted by Gasteiger charge is 2.38. The van der Waals surface area contributed by atoms with E-state index < -0.39 is 0 Å². The largest absolute Gasteiger partial charge is 0.356 e. The summed E-state index contributed by atoms with van der Waals surface area (Å²) >= 11 is 0. The van der Waals surface area contributed by atoms with Crippen LogP contribution >= 0.6 is 0 Å². The molecule has 1 saturated carbocycles. The molecule has 2 amide bonds. The second kappa shape index (κ2) is 5.52. The first-order valence-electron chi connectivity index (χ1n) is 6.79. The molecular weight excluding hydrogens is 216 g/mol. The highest BCUT2D eigenvalue weighted by Crippen LogP contribution is 2.29. The van der Waals surface area contributed by atoms with Crippen molar-refractivity contribution in [1.29, 1.82) is 0 Å². The van der Waals surface area contributed by atoms with Gasteiger partial charge in [-0.05, 0) is 19.3 Å². The van der Waals surface area contributed by atoms with Gasteiger partial charge < -0.3 is 10.2 Å². The zero-order valence-corrected chi connectivity index (χ0v) is 10.6. The van der Waals surface area contributed by atoms with E-state index in [1.807, 2.05) is 11.8 Å². The number of hydrogen-bond donors (Lipinski definition) is 1. The molecule has 0 aromatic heterocycles. The summed E-state index contributed by atoms with van der Waals surface area (Å²) in [6, 6.07) is 0.409. The first kappa shape index (κ1) is 12.4. The predicted molar refractivity (Wildman–Crippen MR) is 65.4 cm³/mol. The lowest BCUT2D eigenvalue weighted by Gasteiger charge is -2.23. The topological polar surface area (TPSA) is 49.4 Å². The van der Waals surface area contributed by atoms with Gasteiger partial charge in [-0.2, -0.15) is 0 Å². The Labute approximate surface area is 103 Å². The Morgan fingerprint density at radius 2 is 2.12 bits per heavy atom. The summed E-state index contributed by atoms with van der Waals surface area (Å²) in [5.41, 5.74) is 0. The maximum atomic E-state index is 11.9. The van der Waals surface area contributed by atoms with Crippen molar-refractivity contribution in [3.8, 4) is 0 Å². The minimum absolute atomic E-state index is 0.0562. The minimum atomic E-state index is -0.116. The summed E-state index contributed by atoms with van der Waals surface area (Å²) in [5, 5.41) is 2.89. The fourth-order valence-corrected chi connectivity index (χ4v) is 2.87. The average Bonchev–Trinajstić information content (AvgIpc) is 2.94. The highest BCUT2D eigenvalue weighted by molar-refractivity contribution is 5.89. The summed E-state index contributed by atoms with van der Waals surface area (Å²) in [6.07, 6.45) is 6.04. The van der Waals surface area contributed by atoms with E-state index in [4.69, 9.17) is 0 Å². The molecule has 17 heavy (non-hydrogen) atoms. The summed E-state index contributed by atoms with van der Waals surface area (Å²) < 4.78 is 0. The molecule has 1 aliphatic heterocycles. The smallest absolute Gasteiger partial charge is 0.225 e. The SMILES string of the molecule is CCCNC(=O)C1CC(=O)N(C2CCCC2)C1. The summed E-state index contributed by atoms with van der Waals surface area (Å²) in [4.78, 5) is 25.7. The molecule has 96 valence electrons. The van der Waals surface area contributed by atoms with E-state index in [0.717, 1.165) is 19.3 Å².